The van der Waals surface area contributed by atoms with Gasteiger partial charge in [-0.05, 0) is 84.7 Å². The van der Waals surface area contributed by atoms with Crippen LogP contribution in [-0.2, 0) is 19.4 Å². The molecule has 0 saturated carbocycles. The number of rotatable bonds is 5. The Morgan fingerprint density at radius 2 is 1.70 bits per heavy atom. The van der Waals surface area contributed by atoms with Gasteiger partial charge in [0.1, 0.15) is 0 Å². The Balaban J connectivity index is 1.43. The highest BCUT2D eigenvalue weighted by atomic mass is 16.1. The predicted octanol–water partition coefficient (Wildman–Crippen LogP) is 6.51. The van der Waals surface area contributed by atoms with E-state index in [0.717, 1.165) is 30.0 Å². The van der Waals surface area contributed by atoms with Crippen LogP contribution in [0.1, 0.15) is 46.1 Å². The summed E-state index contributed by atoms with van der Waals surface area (Å²) in [4.78, 5) is 12.8. The summed E-state index contributed by atoms with van der Waals surface area (Å²) in [7, 11) is 0. The molecule has 1 aliphatic carbocycles. The van der Waals surface area contributed by atoms with Gasteiger partial charge in [0, 0.05) is 23.5 Å². The number of hydrogen-bond acceptors (Lipinski definition) is 1. The summed E-state index contributed by atoms with van der Waals surface area (Å²) in [5.41, 5.74) is 9.43. The summed E-state index contributed by atoms with van der Waals surface area (Å²) in [6.45, 7) is 4.95. The highest BCUT2D eigenvalue weighted by Crippen LogP contribution is 2.35. The fourth-order valence-corrected chi connectivity index (χ4v) is 4.88. The minimum atomic E-state index is -0.0450. The number of aromatic nitrogens is 1. The molecule has 0 radical (unpaired) electrons. The van der Waals surface area contributed by atoms with E-state index in [-0.39, 0.29) is 5.91 Å². The molecule has 0 bridgehead atoms. The lowest BCUT2D eigenvalue weighted by Gasteiger charge is -2.21. The van der Waals surface area contributed by atoms with Crippen LogP contribution in [-0.4, -0.2) is 10.5 Å². The highest BCUT2D eigenvalue weighted by molar-refractivity contribution is 5.94. The molecule has 1 atom stereocenters. The molecule has 3 aromatic carbocycles. The molecule has 3 heteroatoms. The second-order valence-electron chi connectivity index (χ2n) is 9.21. The van der Waals surface area contributed by atoms with E-state index in [2.05, 4.69) is 84.4 Å². The van der Waals surface area contributed by atoms with E-state index in [1.807, 2.05) is 24.3 Å². The second-order valence-corrected chi connectivity index (χ2v) is 9.21. The number of carbonyl (C=O) groups is 1. The fraction of sp³-hybridized carbons (Fsp3) is 0.233. The lowest BCUT2D eigenvalue weighted by molar-refractivity contribution is 0.0951. The van der Waals surface area contributed by atoms with Crippen LogP contribution in [0.3, 0.4) is 0 Å². The van der Waals surface area contributed by atoms with Crippen LogP contribution in [0.15, 0.2) is 84.9 Å². The number of hydrogen-bond donors (Lipinski definition) is 1. The standard InChI is InChI=1S/C30H30N2O/c1-21-12-17-28-26(18-21)19-29(23-9-4-3-5-10-23)32(28)27-15-13-24(14-16-27)30(33)31-20-25-11-7-6-8-22(25)2/h3-11,13-16,19,21H,12,17-18,20H2,1-2H3,(H,31,33)/t21-/m1/s1. The minimum absolute atomic E-state index is 0.0450. The normalized spacial score (nSPS) is 15.2. The van der Waals surface area contributed by atoms with Crippen LogP contribution in [0.4, 0.5) is 0 Å². The van der Waals surface area contributed by atoms with Crippen LogP contribution in [0, 0.1) is 12.8 Å². The molecular weight excluding hydrogens is 404 g/mol. The first kappa shape index (κ1) is 21.3. The maximum absolute atomic E-state index is 12.8. The molecule has 1 heterocycles. The SMILES string of the molecule is Cc1ccccc1CNC(=O)c1ccc(-n2c(-c3ccccc3)cc3c2CC[C@@H](C)C3)cc1. The van der Waals surface area contributed by atoms with Crippen molar-refractivity contribution in [2.45, 2.75) is 39.7 Å². The van der Waals surface area contributed by atoms with Gasteiger partial charge in [-0.3, -0.25) is 4.79 Å². The second kappa shape index (κ2) is 9.11. The molecule has 0 aliphatic heterocycles. The summed E-state index contributed by atoms with van der Waals surface area (Å²) in [6, 6.07) is 29.1. The van der Waals surface area contributed by atoms with Crippen LogP contribution in [0.25, 0.3) is 16.9 Å². The van der Waals surface area contributed by atoms with Crippen molar-refractivity contribution < 1.29 is 4.79 Å². The predicted molar refractivity (Wildman–Crippen MR) is 135 cm³/mol. The van der Waals surface area contributed by atoms with E-state index in [9.17, 15) is 4.79 Å². The monoisotopic (exact) mass is 434 g/mol. The van der Waals surface area contributed by atoms with Gasteiger partial charge in [-0.2, -0.15) is 0 Å². The fourth-order valence-electron chi connectivity index (χ4n) is 4.88. The zero-order chi connectivity index (χ0) is 22.8. The van der Waals surface area contributed by atoms with Gasteiger partial charge in [-0.25, -0.2) is 0 Å². The summed E-state index contributed by atoms with van der Waals surface area (Å²) in [5, 5.41) is 3.06. The van der Waals surface area contributed by atoms with Gasteiger partial charge in [-0.1, -0.05) is 61.5 Å². The van der Waals surface area contributed by atoms with Gasteiger partial charge < -0.3 is 9.88 Å². The van der Waals surface area contributed by atoms with Crippen LogP contribution < -0.4 is 5.32 Å². The summed E-state index contributed by atoms with van der Waals surface area (Å²) in [5.74, 6) is 0.674. The van der Waals surface area contributed by atoms with Gasteiger partial charge in [0.05, 0.1) is 5.69 Å². The van der Waals surface area contributed by atoms with E-state index < -0.39 is 0 Å². The Labute approximate surface area is 196 Å². The molecule has 0 spiro atoms. The van der Waals surface area contributed by atoms with Crippen molar-refractivity contribution in [1.29, 1.82) is 0 Å². The van der Waals surface area contributed by atoms with Crippen molar-refractivity contribution in [3.8, 4) is 16.9 Å². The van der Waals surface area contributed by atoms with Crippen LogP contribution in [0.5, 0.6) is 0 Å². The molecule has 1 N–H and O–H groups in total. The molecule has 1 aromatic heterocycles. The number of amides is 1. The molecule has 5 rings (SSSR count). The molecule has 166 valence electrons. The number of carbonyl (C=O) groups excluding carboxylic acids is 1. The van der Waals surface area contributed by atoms with Crippen molar-refractivity contribution in [2.75, 3.05) is 0 Å². The smallest absolute Gasteiger partial charge is 0.251 e. The Morgan fingerprint density at radius 1 is 0.970 bits per heavy atom. The third-order valence-corrected chi connectivity index (χ3v) is 6.79. The van der Waals surface area contributed by atoms with Crippen molar-refractivity contribution in [1.82, 2.24) is 9.88 Å². The molecule has 1 aliphatic rings. The highest BCUT2D eigenvalue weighted by Gasteiger charge is 2.23. The quantitative estimate of drug-likeness (QED) is 0.382. The van der Waals surface area contributed by atoms with Gasteiger partial charge in [0.25, 0.3) is 5.91 Å². The van der Waals surface area contributed by atoms with Gasteiger partial charge in [-0.15, -0.1) is 0 Å². The largest absolute Gasteiger partial charge is 0.348 e. The van der Waals surface area contributed by atoms with Crippen LogP contribution in [0.2, 0.25) is 0 Å². The van der Waals surface area contributed by atoms with Crippen molar-refractivity contribution in [3.63, 3.8) is 0 Å². The van der Waals surface area contributed by atoms with Crippen LogP contribution >= 0.6 is 0 Å². The molecular formula is C30H30N2O. The first-order chi connectivity index (χ1) is 16.1. The Morgan fingerprint density at radius 3 is 2.45 bits per heavy atom. The van der Waals surface area contributed by atoms with Crippen molar-refractivity contribution >= 4 is 5.91 Å². The number of nitrogens with one attached hydrogen (secondary N) is 1. The van der Waals surface area contributed by atoms with Crippen molar-refractivity contribution in [3.05, 3.63) is 113 Å². The zero-order valence-corrected chi connectivity index (χ0v) is 19.3. The maximum atomic E-state index is 12.8. The van der Waals surface area contributed by atoms with E-state index in [1.54, 1.807) is 0 Å². The average molecular weight is 435 g/mol. The topological polar surface area (TPSA) is 34.0 Å². The third kappa shape index (κ3) is 4.36. The average Bonchev–Trinajstić information content (AvgIpc) is 3.22. The van der Waals surface area contributed by atoms with Crippen molar-refractivity contribution in [2.24, 2.45) is 5.92 Å². The number of aryl methyl sites for hydroxylation is 1. The maximum Gasteiger partial charge on any atom is 0.251 e. The first-order valence-electron chi connectivity index (χ1n) is 11.8. The summed E-state index contributed by atoms with van der Waals surface area (Å²) < 4.78 is 2.39. The van der Waals surface area contributed by atoms with Gasteiger partial charge >= 0.3 is 0 Å². The Bertz CT molecular complexity index is 1270. The lowest BCUT2D eigenvalue weighted by atomic mass is 9.89. The molecule has 1 amide bonds. The summed E-state index contributed by atoms with van der Waals surface area (Å²) >= 11 is 0. The molecule has 0 saturated heterocycles. The first-order valence-corrected chi connectivity index (χ1v) is 11.8. The third-order valence-electron chi connectivity index (χ3n) is 6.79. The van der Waals surface area contributed by atoms with E-state index in [4.69, 9.17) is 0 Å². The van der Waals surface area contributed by atoms with Gasteiger partial charge in [0.2, 0.25) is 0 Å². The minimum Gasteiger partial charge on any atom is -0.348 e. The molecule has 33 heavy (non-hydrogen) atoms. The molecule has 3 nitrogen and oxygen atoms in total. The molecule has 4 aromatic rings. The van der Waals surface area contributed by atoms with E-state index >= 15 is 0 Å². The number of fused-ring (bicyclic) bond motifs is 1. The van der Waals surface area contributed by atoms with E-state index in [1.165, 1.54) is 34.5 Å². The Hall–Kier alpha value is -3.59. The Kier molecular flexibility index (Phi) is 5.87. The van der Waals surface area contributed by atoms with E-state index in [0.29, 0.717) is 12.1 Å². The molecule has 0 unspecified atom stereocenters. The van der Waals surface area contributed by atoms with Gasteiger partial charge in [0.15, 0.2) is 0 Å². The zero-order valence-electron chi connectivity index (χ0n) is 19.3. The summed E-state index contributed by atoms with van der Waals surface area (Å²) in [6.07, 6.45) is 3.42. The molecule has 0 fully saturated rings. The lowest BCUT2D eigenvalue weighted by Crippen LogP contribution is -2.23. The number of benzene rings is 3. The number of nitrogens with zero attached hydrogens (tertiary/aromatic N) is 1.